The second-order valence-corrected chi connectivity index (χ2v) is 4.07. The van der Waals surface area contributed by atoms with Crippen molar-refractivity contribution in [3.05, 3.63) is 39.6 Å². The molecule has 0 N–H and O–H groups in total. The van der Waals surface area contributed by atoms with E-state index in [1.165, 1.54) is 7.11 Å². The Labute approximate surface area is 101 Å². The normalized spacial score (nSPS) is 10.3. The average Bonchev–Trinajstić information content (AvgIpc) is 2.29. The smallest absolute Gasteiger partial charge is 0.338 e. The Bertz CT molecular complexity index is 525. The molecule has 0 aliphatic carbocycles. The molecule has 0 radical (unpaired) electrons. The maximum absolute atomic E-state index is 11.4. The molecule has 3 nitrogen and oxygen atoms in total. The summed E-state index contributed by atoms with van der Waals surface area (Å²) in [6.07, 6.45) is 1.73. The van der Waals surface area contributed by atoms with Crippen LogP contribution in [0, 0.1) is 3.57 Å². The fourth-order valence-electron chi connectivity index (χ4n) is 1.38. The Balaban J connectivity index is 2.70. The molecule has 76 valence electrons. The van der Waals surface area contributed by atoms with E-state index in [2.05, 4.69) is 27.6 Å². The molecule has 2 rings (SSSR count). The van der Waals surface area contributed by atoms with E-state index < -0.39 is 0 Å². The lowest BCUT2D eigenvalue weighted by molar-refractivity contribution is 0.0600. The minimum Gasteiger partial charge on any atom is -0.465 e. The van der Waals surface area contributed by atoms with E-state index >= 15 is 0 Å². The van der Waals surface area contributed by atoms with Gasteiger partial charge in [0.15, 0.2) is 0 Å². The number of methoxy groups -OCH3 is 1. The number of hydrogen-bond donors (Lipinski definition) is 0. The number of nitrogens with zero attached hydrogens (tertiary/aromatic N) is 1. The summed E-state index contributed by atoms with van der Waals surface area (Å²) in [4.78, 5) is 15.6. The third-order valence-electron chi connectivity index (χ3n) is 2.12. The third kappa shape index (κ3) is 1.81. The van der Waals surface area contributed by atoms with E-state index in [-0.39, 0.29) is 5.97 Å². The van der Waals surface area contributed by atoms with Gasteiger partial charge in [-0.1, -0.05) is 6.07 Å². The van der Waals surface area contributed by atoms with Crippen LogP contribution in [0.2, 0.25) is 0 Å². The third-order valence-corrected chi connectivity index (χ3v) is 3.29. The van der Waals surface area contributed by atoms with Crippen LogP contribution in [0.25, 0.3) is 10.9 Å². The summed E-state index contributed by atoms with van der Waals surface area (Å²) >= 11 is 2.14. The van der Waals surface area contributed by atoms with Crippen LogP contribution in [0.3, 0.4) is 0 Å². The van der Waals surface area contributed by atoms with Gasteiger partial charge in [0.1, 0.15) is 0 Å². The minimum absolute atomic E-state index is 0.315. The molecule has 0 fully saturated rings. The summed E-state index contributed by atoms with van der Waals surface area (Å²) in [5.41, 5.74) is 1.47. The number of esters is 1. The number of rotatable bonds is 1. The van der Waals surface area contributed by atoms with Gasteiger partial charge in [0.2, 0.25) is 0 Å². The van der Waals surface area contributed by atoms with Crippen molar-refractivity contribution in [1.29, 1.82) is 0 Å². The zero-order valence-corrected chi connectivity index (χ0v) is 10.2. The zero-order valence-electron chi connectivity index (χ0n) is 8.03. The molecule has 0 amide bonds. The van der Waals surface area contributed by atoms with Crippen LogP contribution in [0.15, 0.2) is 30.5 Å². The molecule has 0 bridgehead atoms. The number of carbonyl (C=O) groups is 1. The summed E-state index contributed by atoms with van der Waals surface area (Å²) < 4.78 is 5.58. The van der Waals surface area contributed by atoms with Crippen molar-refractivity contribution in [3.8, 4) is 0 Å². The second-order valence-electron chi connectivity index (χ2n) is 2.99. The molecule has 15 heavy (non-hydrogen) atoms. The molecule has 0 saturated heterocycles. The van der Waals surface area contributed by atoms with Gasteiger partial charge < -0.3 is 4.74 Å². The Kier molecular flexibility index (Phi) is 2.86. The molecular weight excluding hydrogens is 305 g/mol. The first-order chi connectivity index (χ1) is 7.24. The highest BCUT2D eigenvalue weighted by Gasteiger charge is 2.12. The van der Waals surface area contributed by atoms with Gasteiger partial charge in [-0.15, -0.1) is 0 Å². The van der Waals surface area contributed by atoms with Crippen LogP contribution in [-0.2, 0) is 4.74 Å². The number of fused-ring (bicyclic) bond motifs is 1. The van der Waals surface area contributed by atoms with Crippen LogP contribution < -0.4 is 0 Å². The molecule has 0 spiro atoms. The van der Waals surface area contributed by atoms with Crippen molar-refractivity contribution >= 4 is 39.5 Å². The predicted octanol–water partition coefficient (Wildman–Crippen LogP) is 2.63. The van der Waals surface area contributed by atoms with Gasteiger partial charge in [0.05, 0.1) is 18.2 Å². The van der Waals surface area contributed by atoms with Crippen LogP contribution in [0.5, 0.6) is 0 Å². The van der Waals surface area contributed by atoms with Crippen molar-refractivity contribution in [2.75, 3.05) is 7.11 Å². The van der Waals surface area contributed by atoms with Crippen molar-refractivity contribution in [3.63, 3.8) is 0 Å². The van der Waals surface area contributed by atoms with Crippen LogP contribution in [-0.4, -0.2) is 18.1 Å². The Morgan fingerprint density at radius 1 is 1.40 bits per heavy atom. The molecule has 0 aliphatic heterocycles. The molecule has 1 aromatic carbocycles. The fraction of sp³-hybridized carbons (Fsp3) is 0.0909. The number of hydrogen-bond acceptors (Lipinski definition) is 3. The van der Waals surface area contributed by atoms with E-state index in [1.54, 1.807) is 12.3 Å². The summed E-state index contributed by atoms with van der Waals surface area (Å²) in [7, 11) is 1.38. The molecule has 0 aliphatic rings. The molecule has 1 aromatic heterocycles. The zero-order chi connectivity index (χ0) is 10.8. The maximum atomic E-state index is 11.4. The molecule has 2 aromatic rings. The number of carbonyl (C=O) groups excluding carboxylic acids is 1. The van der Waals surface area contributed by atoms with Gasteiger partial charge in [-0.3, -0.25) is 4.98 Å². The molecule has 0 saturated carbocycles. The SMILES string of the molecule is COC(=O)c1ccc2ncccc2c1I. The average molecular weight is 313 g/mol. The fourth-order valence-corrected chi connectivity index (χ4v) is 2.24. The van der Waals surface area contributed by atoms with E-state index in [0.717, 1.165) is 14.5 Å². The van der Waals surface area contributed by atoms with Crippen molar-refractivity contribution < 1.29 is 9.53 Å². The standard InChI is InChI=1S/C11H8INO2/c1-15-11(14)8-4-5-9-7(10(8)12)3-2-6-13-9/h2-6H,1H3. The molecular formula is C11H8INO2. The van der Waals surface area contributed by atoms with E-state index in [0.29, 0.717) is 5.56 Å². The highest BCUT2D eigenvalue weighted by Crippen LogP contribution is 2.23. The van der Waals surface area contributed by atoms with Crippen LogP contribution in [0.1, 0.15) is 10.4 Å². The number of aromatic nitrogens is 1. The Morgan fingerprint density at radius 3 is 2.93 bits per heavy atom. The molecule has 0 unspecified atom stereocenters. The van der Waals surface area contributed by atoms with Gasteiger partial charge in [0.25, 0.3) is 0 Å². The molecule has 4 heteroatoms. The van der Waals surface area contributed by atoms with E-state index in [1.807, 2.05) is 18.2 Å². The van der Waals surface area contributed by atoms with Gasteiger partial charge in [-0.25, -0.2) is 4.79 Å². The number of benzene rings is 1. The summed E-state index contributed by atoms with van der Waals surface area (Å²) in [5, 5.41) is 0.973. The maximum Gasteiger partial charge on any atom is 0.338 e. The largest absolute Gasteiger partial charge is 0.465 e. The topological polar surface area (TPSA) is 39.2 Å². The minimum atomic E-state index is -0.315. The van der Waals surface area contributed by atoms with Gasteiger partial charge in [-0.2, -0.15) is 0 Å². The first-order valence-electron chi connectivity index (χ1n) is 4.35. The van der Waals surface area contributed by atoms with E-state index in [9.17, 15) is 4.79 Å². The lowest BCUT2D eigenvalue weighted by atomic mass is 10.1. The van der Waals surface area contributed by atoms with Gasteiger partial charge >= 0.3 is 5.97 Å². The lowest BCUT2D eigenvalue weighted by Gasteiger charge is -2.05. The van der Waals surface area contributed by atoms with Crippen molar-refractivity contribution in [1.82, 2.24) is 4.98 Å². The van der Waals surface area contributed by atoms with Gasteiger partial charge in [0, 0.05) is 15.2 Å². The predicted molar refractivity (Wildman–Crippen MR) is 65.8 cm³/mol. The Morgan fingerprint density at radius 2 is 2.20 bits per heavy atom. The summed E-state index contributed by atoms with van der Waals surface area (Å²) in [5.74, 6) is -0.315. The first kappa shape index (κ1) is 10.4. The van der Waals surface area contributed by atoms with Gasteiger partial charge in [-0.05, 0) is 40.8 Å². The van der Waals surface area contributed by atoms with Crippen molar-refractivity contribution in [2.24, 2.45) is 0 Å². The quantitative estimate of drug-likeness (QED) is 0.600. The first-order valence-corrected chi connectivity index (χ1v) is 5.43. The number of ether oxygens (including phenoxy) is 1. The van der Waals surface area contributed by atoms with Crippen LogP contribution >= 0.6 is 22.6 Å². The second kappa shape index (κ2) is 4.14. The summed E-state index contributed by atoms with van der Waals surface area (Å²) in [6, 6.07) is 7.36. The van der Waals surface area contributed by atoms with Crippen molar-refractivity contribution in [2.45, 2.75) is 0 Å². The highest BCUT2D eigenvalue weighted by molar-refractivity contribution is 14.1. The van der Waals surface area contributed by atoms with E-state index in [4.69, 9.17) is 4.74 Å². The Hall–Kier alpha value is -1.17. The number of halogens is 1. The summed E-state index contributed by atoms with van der Waals surface area (Å²) in [6.45, 7) is 0. The lowest BCUT2D eigenvalue weighted by Crippen LogP contribution is -2.04. The highest BCUT2D eigenvalue weighted by atomic mass is 127. The molecule has 0 atom stereocenters. The number of pyridine rings is 1. The van der Waals surface area contributed by atoms with Crippen LogP contribution in [0.4, 0.5) is 0 Å². The monoisotopic (exact) mass is 313 g/mol. The molecule has 1 heterocycles.